The van der Waals surface area contributed by atoms with Gasteiger partial charge in [-0.2, -0.15) is 0 Å². The summed E-state index contributed by atoms with van der Waals surface area (Å²) in [6.45, 7) is 8.53. The fraction of sp³-hybridized carbons (Fsp3) is 0.625. The molecule has 1 aliphatic rings. The van der Waals surface area contributed by atoms with Crippen molar-refractivity contribution in [1.82, 2.24) is 0 Å². The SMILES string of the molecule is Cc1ccc(C)c(S(=O)C2C(C)CC(C)CC2N)c1. The van der Waals surface area contributed by atoms with Crippen molar-refractivity contribution >= 4 is 10.8 Å². The Balaban J connectivity index is 2.30. The third-order valence-electron chi connectivity index (χ3n) is 4.24. The van der Waals surface area contributed by atoms with Gasteiger partial charge in [-0.3, -0.25) is 4.21 Å². The molecule has 2 N–H and O–H groups in total. The van der Waals surface area contributed by atoms with E-state index in [1.807, 2.05) is 13.8 Å². The van der Waals surface area contributed by atoms with Crippen LogP contribution in [0, 0.1) is 25.7 Å². The van der Waals surface area contributed by atoms with Crippen molar-refractivity contribution in [2.24, 2.45) is 17.6 Å². The summed E-state index contributed by atoms with van der Waals surface area (Å²) in [6, 6.07) is 6.25. The second-order valence-corrected chi connectivity index (χ2v) is 7.83. The van der Waals surface area contributed by atoms with E-state index in [4.69, 9.17) is 5.73 Å². The first-order chi connectivity index (χ1) is 8.90. The summed E-state index contributed by atoms with van der Waals surface area (Å²) in [5, 5.41) is 0.0942. The number of aryl methyl sites for hydroxylation is 2. The summed E-state index contributed by atoms with van der Waals surface area (Å²) in [6.07, 6.45) is 2.13. The molecule has 3 heteroatoms. The minimum Gasteiger partial charge on any atom is -0.327 e. The predicted molar refractivity (Wildman–Crippen MR) is 81.6 cm³/mol. The molecule has 1 aromatic rings. The highest BCUT2D eigenvalue weighted by atomic mass is 32.2. The van der Waals surface area contributed by atoms with Crippen LogP contribution in [0.15, 0.2) is 23.1 Å². The molecule has 1 fully saturated rings. The van der Waals surface area contributed by atoms with Crippen LogP contribution in [0.2, 0.25) is 0 Å². The molecule has 19 heavy (non-hydrogen) atoms. The van der Waals surface area contributed by atoms with Crippen molar-refractivity contribution in [3.8, 4) is 0 Å². The maximum absolute atomic E-state index is 12.9. The molecule has 1 aromatic carbocycles. The van der Waals surface area contributed by atoms with Crippen LogP contribution in [0.25, 0.3) is 0 Å². The Bertz CT molecular complexity index is 474. The van der Waals surface area contributed by atoms with E-state index in [0.717, 1.165) is 23.3 Å². The lowest BCUT2D eigenvalue weighted by Crippen LogP contribution is -2.47. The topological polar surface area (TPSA) is 43.1 Å². The molecule has 0 spiro atoms. The summed E-state index contributed by atoms with van der Waals surface area (Å²) >= 11 is 0. The van der Waals surface area contributed by atoms with Gasteiger partial charge < -0.3 is 5.73 Å². The Labute approximate surface area is 119 Å². The molecule has 0 amide bonds. The highest BCUT2D eigenvalue weighted by Gasteiger charge is 2.36. The number of hydrogen-bond donors (Lipinski definition) is 1. The molecule has 0 saturated heterocycles. The summed E-state index contributed by atoms with van der Waals surface area (Å²) in [5.74, 6) is 1.08. The Morgan fingerprint density at radius 2 is 1.89 bits per heavy atom. The van der Waals surface area contributed by atoms with Gasteiger partial charge in [-0.05, 0) is 55.7 Å². The maximum Gasteiger partial charge on any atom is 0.0582 e. The van der Waals surface area contributed by atoms with E-state index in [-0.39, 0.29) is 11.3 Å². The maximum atomic E-state index is 12.9. The van der Waals surface area contributed by atoms with E-state index in [1.54, 1.807) is 0 Å². The van der Waals surface area contributed by atoms with Gasteiger partial charge >= 0.3 is 0 Å². The lowest BCUT2D eigenvalue weighted by atomic mass is 9.80. The molecule has 0 aliphatic heterocycles. The Morgan fingerprint density at radius 1 is 1.21 bits per heavy atom. The van der Waals surface area contributed by atoms with Crippen molar-refractivity contribution in [2.45, 2.75) is 56.7 Å². The van der Waals surface area contributed by atoms with Crippen LogP contribution >= 0.6 is 0 Å². The molecule has 0 radical (unpaired) electrons. The molecule has 5 atom stereocenters. The van der Waals surface area contributed by atoms with Crippen molar-refractivity contribution in [1.29, 1.82) is 0 Å². The van der Waals surface area contributed by atoms with E-state index < -0.39 is 10.8 Å². The second-order valence-electron chi connectivity index (χ2n) is 6.25. The van der Waals surface area contributed by atoms with E-state index in [2.05, 4.69) is 32.0 Å². The van der Waals surface area contributed by atoms with Gasteiger partial charge in [0.1, 0.15) is 0 Å². The van der Waals surface area contributed by atoms with Crippen LogP contribution in [-0.2, 0) is 10.8 Å². The highest BCUT2D eigenvalue weighted by Crippen LogP contribution is 2.34. The van der Waals surface area contributed by atoms with Gasteiger partial charge in [0.25, 0.3) is 0 Å². The van der Waals surface area contributed by atoms with E-state index >= 15 is 0 Å². The minimum absolute atomic E-state index is 0.0551. The molecular weight excluding hydrogens is 254 g/mol. The third-order valence-corrected chi connectivity index (χ3v) is 6.42. The lowest BCUT2D eigenvalue weighted by molar-refractivity contribution is 0.275. The van der Waals surface area contributed by atoms with Crippen LogP contribution in [0.3, 0.4) is 0 Å². The van der Waals surface area contributed by atoms with Crippen molar-refractivity contribution < 1.29 is 4.21 Å². The fourth-order valence-corrected chi connectivity index (χ4v) is 5.27. The minimum atomic E-state index is -0.992. The van der Waals surface area contributed by atoms with Crippen LogP contribution in [-0.4, -0.2) is 15.5 Å². The smallest absolute Gasteiger partial charge is 0.0582 e. The largest absolute Gasteiger partial charge is 0.327 e. The Morgan fingerprint density at radius 3 is 2.53 bits per heavy atom. The molecular formula is C16H25NOS. The van der Waals surface area contributed by atoms with Gasteiger partial charge in [-0.25, -0.2) is 0 Å². The number of rotatable bonds is 2. The Hall–Kier alpha value is -0.670. The van der Waals surface area contributed by atoms with Gasteiger partial charge in [0.2, 0.25) is 0 Å². The summed E-state index contributed by atoms with van der Waals surface area (Å²) < 4.78 is 12.9. The van der Waals surface area contributed by atoms with Gasteiger partial charge in [-0.1, -0.05) is 26.0 Å². The molecule has 2 rings (SSSR count). The monoisotopic (exact) mass is 279 g/mol. The summed E-state index contributed by atoms with van der Waals surface area (Å²) in [7, 11) is -0.992. The average molecular weight is 279 g/mol. The van der Waals surface area contributed by atoms with Crippen LogP contribution in [0.5, 0.6) is 0 Å². The van der Waals surface area contributed by atoms with Gasteiger partial charge in [-0.15, -0.1) is 0 Å². The Kier molecular flexibility index (Phi) is 4.46. The normalized spacial score (nSPS) is 33.1. The molecule has 0 bridgehead atoms. The van der Waals surface area contributed by atoms with Crippen molar-refractivity contribution in [2.75, 3.05) is 0 Å². The first-order valence-corrected chi connectivity index (χ1v) is 8.35. The molecule has 2 nitrogen and oxygen atoms in total. The zero-order chi connectivity index (χ0) is 14.2. The molecule has 1 saturated carbocycles. The quantitative estimate of drug-likeness (QED) is 0.903. The molecule has 5 unspecified atom stereocenters. The zero-order valence-corrected chi connectivity index (χ0v) is 13.2. The summed E-state index contributed by atoms with van der Waals surface area (Å²) in [4.78, 5) is 0.974. The summed E-state index contributed by atoms with van der Waals surface area (Å²) in [5.41, 5.74) is 8.57. The van der Waals surface area contributed by atoms with Crippen molar-refractivity contribution in [3.63, 3.8) is 0 Å². The van der Waals surface area contributed by atoms with Gasteiger partial charge in [0.05, 0.1) is 16.0 Å². The average Bonchev–Trinajstić information content (AvgIpc) is 2.30. The van der Waals surface area contributed by atoms with Crippen molar-refractivity contribution in [3.05, 3.63) is 29.3 Å². The number of hydrogen-bond acceptors (Lipinski definition) is 2. The van der Waals surface area contributed by atoms with E-state index in [9.17, 15) is 4.21 Å². The predicted octanol–water partition coefficient (Wildman–Crippen LogP) is 3.17. The molecule has 1 aliphatic carbocycles. The molecule has 0 heterocycles. The standard InChI is InChI=1S/C16H25NOS/c1-10-5-6-12(3)15(9-10)19(18)16-13(4)7-11(2)8-14(16)17/h5-6,9,11,13-14,16H,7-8,17H2,1-4H3. The third kappa shape index (κ3) is 3.09. The van der Waals surface area contributed by atoms with Gasteiger partial charge in [0, 0.05) is 10.9 Å². The lowest BCUT2D eigenvalue weighted by Gasteiger charge is -2.37. The first kappa shape index (κ1) is 14.7. The number of benzene rings is 1. The van der Waals surface area contributed by atoms with Crippen LogP contribution in [0.1, 0.15) is 37.8 Å². The van der Waals surface area contributed by atoms with E-state index in [0.29, 0.717) is 11.8 Å². The van der Waals surface area contributed by atoms with Crippen LogP contribution in [0.4, 0.5) is 0 Å². The number of nitrogens with two attached hydrogens (primary N) is 1. The zero-order valence-electron chi connectivity index (χ0n) is 12.3. The van der Waals surface area contributed by atoms with Gasteiger partial charge in [0.15, 0.2) is 0 Å². The fourth-order valence-electron chi connectivity index (χ4n) is 3.33. The van der Waals surface area contributed by atoms with E-state index in [1.165, 1.54) is 5.56 Å². The molecule has 0 aromatic heterocycles. The second kappa shape index (κ2) is 5.76. The highest BCUT2D eigenvalue weighted by molar-refractivity contribution is 7.85. The first-order valence-electron chi connectivity index (χ1n) is 7.13. The van der Waals surface area contributed by atoms with Crippen LogP contribution < -0.4 is 5.73 Å². The molecule has 106 valence electrons.